The minimum absolute atomic E-state index is 0.0328. The van der Waals surface area contributed by atoms with E-state index in [2.05, 4.69) is 32.1 Å². The van der Waals surface area contributed by atoms with Gasteiger partial charge in [-0.15, -0.1) is 0 Å². The van der Waals surface area contributed by atoms with Crippen molar-refractivity contribution in [2.45, 2.75) is 43.4 Å². The summed E-state index contributed by atoms with van der Waals surface area (Å²) in [6.07, 6.45) is -2.72. The molecule has 0 unspecified atom stereocenters. The average Bonchev–Trinajstić information content (AvgIpc) is 3.48. The number of aromatic nitrogens is 4. The van der Waals surface area contributed by atoms with Crippen LogP contribution in [0, 0.1) is 11.8 Å². The number of nitrogens with two attached hydrogens (primary N) is 1. The molecule has 3 heterocycles. The lowest BCUT2D eigenvalue weighted by molar-refractivity contribution is -0.137. The largest absolute Gasteiger partial charge is 0.453 e. The Morgan fingerprint density at radius 1 is 1.31 bits per heavy atom. The molecule has 0 spiro atoms. The first-order valence-corrected chi connectivity index (χ1v) is 11.0. The van der Waals surface area contributed by atoms with Crippen LogP contribution in [-0.4, -0.2) is 105 Å². The van der Waals surface area contributed by atoms with Crippen LogP contribution in [0.15, 0.2) is 6.33 Å². The van der Waals surface area contributed by atoms with Crippen LogP contribution in [0.4, 0.5) is 10.6 Å². The molecule has 35 heavy (non-hydrogen) atoms. The van der Waals surface area contributed by atoms with Gasteiger partial charge >= 0.3 is 6.09 Å². The summed E-state index contributed by atoms with van der Waals surface area (Å²) in [5.74, 6) is 5.14. The second kappa shape index (κ2) is 10.4. The standard InChI is InChI=1S/C21H27N7O7/c1-33-9-8-27(21(32)34-2)7-3-4-12-25-17(22)13-18(26-12)28(10-23-13)20-15(30)14(29)16(35-20)19(31)24-11-5-6-11/h10-11,14-16,20,29-30H,5-9H2,1-2H3,(H,24,31)(H2,22,25,26)/t14-,15+,16-,20+/m0/s1. The van der Waals surface area contributed by atoms with Gasteiger partial charge in [-0.05, 0) is 18.8 Å². The maximum absolute atomic E-state index is 12.4. The number of carbonyl (C=O) groups excluding carboxylic acids is 2. The average molecular weight is 489 g/mol. The Morgan fingerprint density at radius 2 is 2.09 bits per heavy atom. The van der Waals surface area contributed by atoms with E-state index < -0.39 is 36.5 Å². The zero-order chi connectivity index (χ0) is 25.1. The van der Waals surface area contributed by atoms with Gasteiger partial charge in [0.1, 0.15) is 17.7 Å². The van der Waals surface area contributed by atoms with Crippen molar-refractivity contribution < 1.29 is 34.0 Å². The second-order valence-corrected chi connectivity index (χ2v) is 8.15. The van der Waals surface area contributed by atoms with Crippen molar-refractivity contribution >= 4 is 29.0 Å². The maximum Gasteiger partial charge on any atom is 0.410 e. The van der Waals surface area contributed by atoms with Crippen molar-refractivity contribution in [2.24, 2.45) is 0 Å². The van der Waals surface area contributed by atoms with Crippen molar-refractivity contribution in [3.8, 4) is 11.8 Å². The molecule has 5 N–H and O–H groups in total. The fourth-order valence-electron chi connectivity index (χ4n) is 3.58. The lowest BCUT2D eigenvalue weighted by Gasteiger charge is -2.17. The molecule has 0 bridgehead atoms. The molecule has 4 rings (SSSR count). The summed E-state index contributed by atoms with van der Waals surface area (Å²) < 4.78 is 16.8. The minimum Gasteiger partial charge on any atom is -0.453 e. The first kappa shape index (κ1) is 24.6. The quantitative estimate of drug-likeness (QED) is 0.327. The van der Waals surface area contributed by atoms with E-state index in [0.29, 0.717) is 6.61 Å². The highest BCUT2D eigenvalue weighted by Gasteiger charge is 2.48. The van der Waals surface area contributed by atoms with E-state index in [-0.39, 0.29) is 41.9 Å². The number of aliphatic hydroxyl groups excluding tert-OH is 2. The number of aliphatic hydroxyl groups is 2. The van der Waals surface area contributed by atoms with Crippen molar-refractivity contribution in [3.05, 3.63) is 12.2 Å². The number of nitrogens with one attached hydrogen (secondary N) is 1. The Kier molecular flexibility index (Phi) is 7.31. The smallest absolute Gasteiger partial charge is 0.410 e. The van der Waals surface area contributed by atoms with E-state index in [1.54, 1.807) is 0 Å². The molecular formula is C21H27N7O7. The molecular weight excluding hydrogens is 462 g/mol. The van der Waals surface area contributed by atoms with Gasteiger partial charge in [0.25, 0.3) is 5.91 Å². The Balaban J connectivity index is 1.56. The summed E-state index contributed by atoms with van der Waals surface area (Å²) in [7, 11) is 2.78. The van der Waals surface area contributed by atoms with E-state index in [4.69, 9.17) is 19.9 Å². The molecule has 1 aliphatic heterocycles. The molecule has 2 fully saturated rings. The number of methoxy groups -OCH3 is 2. The first-order valence-electron chi connectivity index (χ1n) is 11.0. The van der Waals surface area contributed by atoms with Gasteiger partial charge < -0.3 is 35.5 Å². The van der Waals surface area contributed by atoms with Crippen molar-refractivity contribution in [3.63, 3.8) is 0 Å². The fraction of sp³-hybridized carbons (Fsp3) is 0.571. The molecule has 0 radical (unpaired) electrons. The van der Waals surface area contributed by atoms with E-state index in [9.17, 15) is 19.8 Å². The van der Waals surface area contributed by atoms with Gasteiger partial charge in [-0.3, -0.25) is 14.3 Å². The Morgan fingerprint density at radius 3 is 2.77 bits per heavy atom. The summed E-state index contributed by atoms with van der Waals surface area (Å²) in [6.45, 7) is 0.618. The van der Waals surface area contributed by atoms with E-state index in [1.807, 2.05) is 0 Å². The molecule has 14 heteroatoms. The molecule has 2 amide bonds. The third-order valence-corrected chi connectivity index (χ3v) is 5.61. The predicted octanol–water partition coefficient (Wildman–Crippen LogP) is -1.63. The number of anilines is 1. The first-order chi connectivity index (χ1) is 16.8. The summed E-state index contributed by atoms with van der Waals surface area (Å²) in [5.41, 5.74) is 6.46. The van der Waals surface area contributed by atoms with Gasteiger partial charge in [-0.1, -0.05) is 5.92 Å². The zero-order valence-corrected chi connectivity index (χ0v) is 19.2. The van der Waals surface area contributed by atoms with Gasteiger partial charge in [0, 0.05) is 19.7 Å². The van der Waals surface area contributed by atoms with Crippen molar-refractivity contribution in [1.29, 1.82) is 0 Å². The Bertz CT molecular complexity index is 1160. The maximum atomic E-state index is 12.4. The lowest BCUT2D eigenvalue weighted by atomic mass is 10.1. The highest BCUT2D eigenvalue weighted by Crippen LogP contribution is 2.33. The number of nitrogen functional groups attached to an aromatic ring is 1. The molecule has 14 nitrogen and oxygen atoms in total. The molecule has 0 aromatic carbocycles. The summed E-state index contributed by atoms with van der Waals surface area (Å²) in [5, 5.41) is 23.7. The van der Waals surface area contributed by atoms with Crippen LogP contribution in [0.2, 0.25) is 0 Å². The Labute approximate surface area is 200 Å². The number of ether oxygens (including phenoxy) is 3. The third-order valence-electron chi connectivity index (χ3n) is 5.61. The number of amides is 2. The molecule has 1 aliphatic carbocycles. The van der Waals surface area contributed by atoms with Gasteiger partial charge in [0.05, 0.1) is 26.6 Å². The zero-order valence-electron chi connectivity index (χ0n) is 19.2. The van der Waals surface area contributed by atoms with Gasteiger partial charge in [-0.2, -0.15) is 0 Å². The van der Waals surface area contributed by atoms with Crippen LogP contribution >= 0.6 is 0 Å². The van der Waals surface area contributed by atoms with E-state index >= 15 is 0 Å². The molecule has 2 aliphatic rings. The molecule has 4 atom stereocenters. The Hall–Kier alpha value is -3.51. The molecule has 1 saturated carbocycles. The van der Waals surface area contributed by atoms with Gasteiger partial charge in [0.2, 0.25) is 5.82 Å². The van der Waals surface area contributed by atoms with Gasteiger partial charge in [0.15, 0.2) is 23.8 Å². The normalized spacial score (nSPS) is 23.5. The van der Waals surface area contributed by atoms with Crippen LogP contribution in [0.3, 0.4) is 0 Å². The highest BCUT2D eigenvalue weighted by atomic mass is 16.6. The molecule has 2 aromatic heterocycles. The third kappa shape index (κ3) is 5.28. The molecule has 188 valence electrons. The van der Waals surface area contributed by atoms with Crippen LogP contribution in [0.25, 0.3) is 11.2 Å². The van der Waals surface area contributed by atoms with Crippen LogP contribution in [0.5, 0.6) is 0 Å². The SMILES string of the molecule is COCCN(CC#Cc1nc(N)c2ncn([C@@H]3O[C@H](C(=O)NC4CC4)[C@@H](O)[C@H]3O)c2n1)C(=O)OC. The van der Waals surface area contributed by atoms with Crippen molar-refractivity contribution in [2.75, 3.05) is 39.6 Å². The number of nitrogens with zero attached hydrogens (tertiary/aromatic N) is 5. The van der Waals surface area contributed by atoms with Crippen LogP contribution in [-0.2, 0) is 19.0 Å². The number of carbonyl (C=O) groups is 2. The summed E-state index contributed by atoms with van der Waals surface area (Å²) in [4.78, 5) is 38.3. The number of hydrogen-bond acceptors (Lipinski definition) is 11. The number of imidazole rings is 1. The summed E-state index contributed by atoms with van der Waals surface area (Å²) in [6, 6.07) is 0.0712. The minimum atomic E-state index is -1.44. The topological polar surface area (TPSA) is 187 Å². The number of hydrogen-bond donors (Lipinski definition) is 4. The van der Waals surface area contributed by atoms with E-state index in [1.165, 1.54) is 30.0 Å². The molecule has 2 aromatic rings. The van der Waals surface area contributed by atoms with Crippen molar-refractivity contribution in [1.82, 2.24) is 29.7 Å². The second-order valence-electron chi connectivity index (χ2n) is 8.15. The molecule has 1 saturated heterocycles. The predicted molar refractivity (Wildman–Crippen MR) is 120 cm³/mol. The number of fused-ring (bicyclic) bond motifs is 1. The van der Waals surface area contributed by atoms with Crippen LogP contribution in [0.1, 0.15) is 24.9 Å². The number of rotatable bonds is 7. The van der Waals surface area contributed by atoms with Crippen LogP contribution < -0.4 is 11.1 Å². The van der Waals surface area contributed by atoms with Gasteiger partial charge in [-0.25, -0.2) is 19.7 Å². The van der Waals surface area contributed by atoms with E-state index in [0.717, 1.165) is 12.8 Å². The fourth-order valence-corrected chi connectivity index (χ4v) is 3.58. The highest BCUT2D eigenvalue weighted by molar-refractivity contribution is 5.83. The monoisotopic (exact) mass is 489 g/mol. The summed E-state index contributed by atoms with van der Waals surface area (Å²) >= 11 is 0. The lowest BCUT2D eigenvalue weighted by Crippen LogP contribution is -2.43.